The second-order valence-corrected chi connectivity index (χ2v) is 5.10. The Hall–Kier alpha value is -1.36. The fraction of sp³-hybridized carbons (Fsp3) is 0.200. The minimum atomic E-state index is -2.84. The van der Waals surface area contributed by atoms with Crippen LogP contribution in [0, 0.1) is 0 Å². The van der Waals surface area contributed by atoms with Crippen LogP contribution < -0.4 is 10.1 Å². The molecule has 112 valence electrons. The summed E-state index contributed by atoms with van der Waals surface area (Å²) in [6.45, 7) is -2.05. The summed E-state index contributed by atoms with van der Waals surface area (Å²) < 4.78 is 29.1. The van der Waals surface area contributed by atoms with E-state index in [0.29, 0.717) is 28.7 Å². The molecule has 0 unspecified atom stereocenters. The first-order valence-electron chi connectivity index (χ1n) is 6.24. The van der Waals surface area contributed by atoms with Gasteiger partial charge in [-0.25, -0.2) is 0 Å². The zero-order chi connectivity index (χ0) is 15.2. The van der Waals surface area contributed by atoms with Crippen LogP contribution >= 0.6 is 23.2 Å². The summed E-state index contributed by atoms with van der Waals surface area (Å²) in [5.74, 6) is 0.158. The number of alkyl halides is 2. The summed E-state index contributed by atoms with van der Waals surface area (Å²) in [4.78, 5) is 0. The van der Waals surface area contributed by atoms with Crippen LogP contribution in [0.2, 0.25) is 10.0 Å². The van der Waals surface area contributed by atoms with Crippen LogP contribution in [0.5, 0.6) is 5.75 Å². The van der Waals surface area contributed by atoms with Crippen LogP contribution in [0.1, 0.15) is 11.1 Å². The van der Waals surface area contributed by atoms with E-state index in [1.54, 1.807) is 36.4 Å². The minimum absolute atomic E-state index is 0.158. The Morgan fingerprint density at radius 1 is 0.952 bits per heavy atom. The van der Waals surface area contributed by atoms with E-state index in [9.17, 15) is 8.78 Å². The quantitative estimate of drug-likeness (QED) is 0.814. The van der Waals surface area contributed by atoms with Crippen molar-refractivity contribution in [2.75, 3.05) is 0 Å². The van der Waals surface area contributed by atoms with Crippen molar-refractivity contribution in [1.82, 2.24) is 5.32 Å². The van der Waals surface area contributed by atoms with Crippen LogP contribution in [0.4, 0.5) is 8.78 Å². The molecule has 0 spiro atoms. The maximum atomic E-state index is 12.3. The molecule has 6 heteroatoms. The number of halogens is 4. The van der Waals surface area contributed by atoms with Gasteiger partial charge in [0.1, 0.15) is 5.75 Å². The third-order valence-corrected chi connectivity index (χ3v) is 3.58. The van der Waals surface area contributed by atoms with Gasteiger partial charge in [-0.1, -0.05) is 47.5 Å². The molecule has 0 aliphatic heterocycles. The van der Waals surface area contributed by atoms with Crippen LogP contribution in [-0.4, -0.2) is 6.61 Å². The molecule has 0 fully saturated rings. The molecule has 0 bridgehead atoms. The maximum Gasteiger partial charge on any atom is 0.387 e. The molecule has 0 amide bonds. The molecule has 0 saturated carbocycles. The third kappa shape index (κ3) is 4.56. The monoisotopic (exact) mass is 331 g/mol. The molecule has 21 heavy (non-hydrogen) atoms. The smallest absolute Gasteiger partial charge is 0.387 e. The van der Waals surface area contributed by atoms with E-state index in [1.807, 2.05) is 0 Å². The van der Waals surface area contributed by atoms with E-state index in [2.05, 4.69) is 10.1 Å². The van der Waals surface area contributed by atoms with E-state index in [0.717, 1.165) is 5.56 Å². The molecule has 2 rings (SSSR count). The Bertz CT molecular complexity index is 588. The lowest BCUT2D eigenvalue weighted by Crippen LogP contribution is -2.15. The highest BCUT2D eigenvalue weighted by Gasteiger charge is 2.09. The SMILES string of the molecule is FC(F)Oc1ccccc1CNCc1c(Cl)cccc1Cl. The van der Waals surface area contributed by atoms with E-state index in [4.69, 9.17) is 23.2 Å². The Labute approximate surface area is 131 Å². The van der Waals surface area contributed by atoms with E-state index < -0.39 is 6.61 Å². The molecule has 1 N–H and O–H groups in total. The molecule has 0 radical (unpaired) electrons. The molecule has 0 aliphatic carbocycles. The number of para-hydroxylation sites is 1. The second kappa shape index (κ2) is 7.59. The van der Waals surface area contributed by atoms with E-state index in [1.165, 1.54) is 6.07 Å². The Morgan fingerprint density at radius 3 is 2.29 bits per heavy atom. The molecule has 0 saturated heterocycles. The third-order valence-electron chi connectivity index (χ3n) is 2.87. The van der Waals surface area contributed by atoms with Gasteiger partial charge in [0.2, 0.25) is 0 Å². The largest absolute Gasteiger partial charge is 0.434 e. The molecule has 0 aliphatic rings. The van der Waals surface area contributed by atoms with Crippen molar-refractivity contribution < 1.29 is 13.5 Å². The zero-order valence-corrected chi connectivity index (χ0v) is 12.5. The van der Waals surface area contributed by atoms with Crippen molar-refractivity contribution in [3.63, 3.8) is 0 Å². The predicted octanol–water partition coefficient (Wildman–Crippen LogP) is 4.88. The van der Waals surface area contributed by atoms with Crippen molar-refractivity contribution in [1.29, 1.82) is 0 Å². The van der Waals surface area contributed by atoms with Crippen molar-refractivity contribution in [2.24, 2.45) is 0 Å². The first kappa shape index (κ1) is 16.0. The molecule has 2 aromatic rings. The highest BCUT2D eigenvalue weighted by atomic mass is 35.5. The van der Waals surface area contributed by atoms with Crippen LogP contribution in [0.15, 0.2) is 42.5 Å². The molecular formula is C15H13Cl2F2NO. The van der Waals surface area contributed by atoms with Crippen molar-refractivity contribution >= 4 is 23.2 Å². The highest BCUT2D eigenvalue weighted by molar-refractivity contribution is 6.35. The van der Waals surface area contributed by atoms with Gasteiger partial charge >= 0.3 is 6.61 Å². The number of hydrogen-bond acceptors (Lipinski definition) is 2. The predicted molar refractivity (Wildman–Crippen MR) is 80.1 cm³/mol. The van der Waals surface area contributed by atoms with Gasteiger partial charge in [-0.2, -0.15) is 8.78 Å². The Kier molecular flexibility index (Phi) is 5.79. The average Bonchev–Trinajstić information content (AvgIpc) is 2.43. The molecule has 0 heterocycles. The first-order valence-corrected chi connectivity index (χ1v) is 7.00. The summed E-state index contributed by atoms with van der Waals surface area (Å²) in [7, 11) is 0. The summed E-state index contributed by atoms with van der Waals surface area (Å²) >= 11 is 12.1. The highest BCUT2D eigenvalue weighted by Crippen LogP contribution is 2.24. The van der Waals surface area contributed by atoms with Crippen LogP contribution in [0.25, 0.3) is 0 Å². The van der Waals surface area contributed by atoms with Crippen molar-refractivity contribution in [2.45, 2.75) is 19.7 Å². The Balaban J connectivity index is 2.01. The lowest BCUT2D eigenvalue weighted by atomic mass is 10.2. The number of ether oxygens (including phenoxy) is 1. The van der Waals surface area contributed by atoms with Crippen molar-refractivity contribution in [3.05, 3.63) is 63.6 Å². The minimum Gasteiger partial charge on any atom is -0.434 e. The fourth-order valence-corrected chi connectivity index (χ4v) is 2.42. The second-order valence-electron chi connectivity index (χ2n) is 4.29. The van der Waals surface area contributed by atoms with Gasteiger partial charge in [0, 0.05) is 34.3 Å². The topological polar surface area (TPSA) is 21.3 Å². The van der Waals surface area contributed by atoms with Gasteiger partial charge in [-0.05, 0) is 18.2 Å². The normalized spacial score (nSPS) is 10.9. The number of hydrogen-bond donors (Lipinski definition) is 1. The summed E-state index contributed by atoms with van der Waals surface area (Å²) in [5, 5.41) is 4.24. The summed E-state index contributed by atoms with van der Waals surface area (Å²) in [5.41, 5.74) is 1.41. The standard InChI is InChI=1S/C15H13Cl2F2NO/c16-12-5-3-6-13(17)11(12)9-20-8-10-4-1-2-7-14(10)21-15(18)19/h1-7,15,20H,8-9H2. The van der Waals surface area contributed by atoms with Crippen LogP contribution in [0.3, 0.4) is 0 Å². The van der Waals surface area contributed by atoms with Gasteiger partial charge < -0.3 is 10.1 Å². The number of benzene rings is 2. The van der Waals surface area contributed by atoms with Gasteiger partial charge in [-0.15, -0.1) is 0 Å². The van der Waals surface area contributed by atoms with E-state index in [-0.39, 0.29) is 5.75 Å². The molecular weight excluding hydrogens is 319 g/mol. The number of nitrogens with one attached hydrogen (secondary N) is 1. The fourth-order valence-electron chi connectivity index (χ4n) is 1.88. The molecule has 0 atom stereocenters. The van der Waals surface area contributed by atoms with Gasteiger partial charge in [0.25, 0.3) is 0 Å². The first-order chi connectivity index (χ1) is 10.1. The van der Waals surface area contributed by atoms with Crippen molar-refractivity contribution in [3.8, 4) is 5.75 Å². The maximum absolute atomic E-state index is 12.3. The molecule has 0 aromatic heterocycles. The van der Waals surface area contributed by atoms with Gasteiger partial charge in [0.15, 0.2) is 0 Å². The number of rotatable bonds is 6. The Morgan fingerprint density at radius 2 is 1.62 bits per heavy atom. The van der Waals surface area contributed by atoms with E-state index >= 15 is 0 Å². The summed E-state index contributed by atoms with van der Waals surface area (Å²) in [6, 6.07) is 11.9. The van der Waals surface area contributed by atoms with Gasteiger partial charge in [-0.3, -0.25) is 0 Å². The van der Waals surface area contributed by atoms with Gasteiger partial charge in [0.05, 0.1) is 0 Å². The van der Waals surface area contributed by atoms with Crippen LogP contribution in [-0.2, 0) is 13.1 Å². The molecule has 2 nitrogen and oxygen atoms in total. The zero-order valence-electron chi connectivity index (χ0n) is 11.0. The summed E-state index contributed by atoms with van der Waals surface area (Å²) in [6.07, 6.45) is 0. The lowest BCUT2D eigenvalue weighted by Gasteiger charge is -2.12. The lowest BCUT2D eigenvalue weighted by molar-refractivity contribution is -0.0505. The molecule has 2 aromatic carbocycles. The average molecular weight is 332 g/mol.